The lowest BCUT2D eigenvalue weighted by molar-refractivity contribution is 0.100. The minimum Gasteiger partial charge on any atom is -0.368 e. The summed E-state index contributed by atoms with van der Waals surface area (Å²) in [5, 5.41) is 1.88. The fourth-order valence-electron chi connectivity index (χ4n) is 3.02. The van der Waals surface area contributed by atoms with Crippen LogP contribution in [0.15, 0.2) is 40.5 Å². The van der Waals surface area contributed by atoms with Crippen LogP contribution in [0, 0.1) is 0 Å². The van der Waals surface area contributed by atoms with E-state index in [4.69, 9.17) is 5.73 Å². The van der Waals surface area contributed by atoms with Gasteiger partial charge in [-0.1, -0.05) is 0 Å². The molecule has 1 aliphatic heterocycles. The van der Waals surface area contributed by atoms with E-state index in [1.807, 2.05) is 23.6 Å². The number of rotatable bonds is 3. The number of carbonyl (C=O) groups excluding carboxylic acids is 1. The maximum absolute atomic E-state index is 12.1. The fourth-order valence-corrected chi connectivity index (χ4v) is 3.75. The van der Waals surface area contributed by atoms with Crippen LogP contribution in [-0.4, -0.2) is 42.1 Å². The Labute approximate surface area is 147 Å². The summed E-state index contributed by atoms with van der Waals surface area (Å²) in [4.78, 5) is 35.0. The summed E-state index contributed by atoms with van der Waals surface area (Å²) < 4.78 is 0.664. The largest absolute Gasteiger partial charge is 0.368 e. The molecule has 1 fully saturated rings. The lowest BCUT2D eigenvalue weighted by Gasteiger charge is -2.36. The second kappa shape index (κ2) is 6.21. The Morgan fingerprint density at radius 2 is 1.76 bits per heavy atom. The van der Waals surface area contributed by atoms with Crippen LogP contribution in [0.5, 0.6) is 0 Å². The van der Waals surface area contributed by atoms with Crippen molar-refractivity contribution in [2.75, 3.05) is 36.0 Å². The number of H-pyrrole nitrogens is 1. The number of hydrogen-bond donors (Lipinski definition) is 2. The van der Waals surface area contributed by atoms with Crippen LogP contribution in [0.25, 0.3) is 10.2 Å². The molecule has 8 heteroatoms. The number of nitrogens with two attached hydrogens (primary N) is 1. The molecule has 0 atom stereocenters. The zero-order valence-electron chi connectivity index (χ0n) is 13.4. The molecule has 1 saturated heterocycles. The number of thiophene rings is 1. The first-order chi connectivity index (χ1) is 12.1. The van der Waals surface area contributed by atoms with Gasteiger partial charge in [0, 0.05) is 37.4 Å². The summed E-state index contributed by atoms with van der Waals surface area (Å²) >= 11 is 1.40. The van der Waals surface area contributed by atoms with Gasteiger partial charge in [-0.15, -0.1) is 11.3 Å². The molecule has 0 saturated carbocycles. The van der Waals surface area contributed by atoms with Crippen molar-refractivity contribution in [2.24, 2.45) is 5.73 Å². The van der Waals surface area contributed by atoms with E-state index < -0.39 is 5.91 Å². The molecular formula is C17H17N5O2S. The number of primary amides is 1. The summed E-state index contributed by atoms with van der Waals surface area (Å²) in [7, 11) is 0. The normalized spacial score (nSPS) is 14.9. The van der Waals surface area contributed by atoms with Crippen LogP contribution in [-0.2, 0) is 0 Å². The van der Waals surface area contributed by atoms with Gasteiger partial charge in [-0.3, -0.25) is 14.6 Å². The number of aromatic amines is 1. The molecule has 4 rings (SSSR count). The number of piperazine rings is 1. The SMILES string of the molecule is NC(=O)c1ccc(N2CCN(c3nc4ccsc4c(=O)[nH]3)CC2)cc1. The summed E-state index contributed by atoms with van der Waals surface area (Å²) in [6.45, 7) is 3.13. The molecule has 1 aromatic carbocycles. The average Bonchev–Trinajstić information content (AvgIpc) is 3.11. The number of anilines is 2. The Bertz CT molecular complexity index is 971. The van der Waals surface area contributed by atoms with E-state index >= 15 is 0 Å². The molecule has 2 aromatic heterocycles. The van der Waals surface area contributed by atoms with Crippen molar-refractivity contribution in [3.05, 3.63) is 51.6 Å². The Morgan fingerprint density at radius 1 is 1.08 bits per heavy atom. The van der Waals surface area contributed by atoms with Gasteiger partial charge in [0.15, 0.2) is 0 Å². The van der Waals surface area contributed by atoms with Crippen molar-refractivity contribution >= 4 is 39.1 Å². The van der Waals surface area contributed by atoms with Crippen molar-refractivity contribution in [3.8, 4) is 0 Å². The summed E-state index contributed by atoms with van der Waals surface area (Å²) in [6, 6.07) is 9.18. The van der Waals surface area contributed by atoms with Gasteiger partial charge in [0.25, 0.3) is 5.56 Å². The highest BCUT2D eigenvalue weighted by atomic mass is 32.1. The number of fused-ring (bicyclic) bond motifs is 1. The first-order valence-corrected chi connectivity index (χ1v) is 8.87. The molecule has 0 spiro atoms. The molecule has 0 radical (unpaired) electrons. The molecule has 3 aromatic rings. The van der Waals surface area contributed by atoms with Gasteiger partial charge in [-0.2, -0.15) is 0 Å². The lowest BCUT2D eigenvalue weighted by atomic mass is 10.1. The molecule has 3 heterocycles. The van der Waals surface area contributed by atoms with Gasteiger partial charge < -0.3 is 15.5 Å². The highest BCUT2D eigenvalue weighted by molar-refractivity contribution is 7.17. The van der Waals surface area contributed by atoms with Crippen LogP contribution in [0.1, 0.15) is 10.4 Å². The van der Waals surface area contributed by atoms with Gasteiger partial charge in [0.05, 0.1) is 5.52 Å². The maximum atomic E-state index is 12.1. The number of amides is 1. The molecule has 0 unspecified atom stereocenters. The molecule has 25 heavy (non-hydrogen) atoms. The molecule has 7 nitrogen and oxygen atoms in total. The Morgan fingerprint density at radius 3 is 2.44 bits per heavy atom. The van der Waals surface area contributed by atoms with E-state index in [2.05, 4.69) is 19.8 Å². The van der Waals surface area contributed by atoms with Gasteiger partial charge in [0.2, 0.25) is 11.9 Å². The maximum Gasteiger partial charge on any atom is 0.270 e. The van der Waals surface area contributed by atoms with E-state index in [1.54, 1.807) is 12.1 Å². The number of nitrogens with one attached hydrogen (secondary N) is 1. The van der Waals surface area contributed by atoms with Crippen molar-refractivity contribution in [1.29, 1.82) is 0 Å². The molecule has 128 valence electrons. The molecule has 1 aliphatic rings. The Kier molecular flexibility index (Phi) is 3.89. The van der Waals surface area contributed by atoms with Crippen LogP contribution in [0.2, 0.25) is 0 Å². The number of aromatic nitrogens is 2. The van der Waals surface area contributed by atoms with Gasteiger partial charge >= 0.3 is 0 Å². The molecule has 0 bridgehead atoms. The van der Waals surface area contributed by atoms with Crippen molar-refractivity contribution in [1.82, 2.24) is 9.97 Å². The molecular weight excluding hydrogens is 338 g/mol. The summed E-state index contributed by atoms with van der Waals surface area (Å²) in [5.41, 5.74) is 7.50. The number of carbonyl (C=O) groups is 1. The standard InChI is InChI=1S/C17H17N5O2S/c18-15(23)11-1-3-12(4-2-11)21-6-8-22(9-7-21)17-19-13-5-10-25-14(13)16(24)20-17/h1-5,10H,6-9H2,(H2,18,23)(H,19,20,24). The molecule has 3 N–H and O–H groups in total. The Balaban J connectivity index is 1.48. The van der Waals surface area contributed by atoms with Crippen molar-refractivity contribution in [3.63, 3.8) is 0 Å². The van der Waals surface area contributed by atoms with E-state index in [1.165, 1.54) is 11.3 Å². The minimum absolute atomic E-state index is 0.0838. The Hall–Kier alpha value is -2.87. The summed E-state index contributed by atoms with van der Waals surface area (Å²) in [6.07, 6.45) is 0. The monoisotopic (exact) mass is 355 g/mol. The first-order valence-electron chi connectivity index (χ1n) is 7.99. The van der Waals surface area contributed by atoms with Crippen LogP contribution < -0.4 is 21.1 Å². The molecule has 0 aliphatic carbocycles. The molecule has 1 amide bonds. The first kappa shape index (κ1) is 15.6. The quantitative estimate of drug-likeness (QED) is 0.741. The van der Waals surface area contributed by atoms with Crippen molar-refractivity contribution in [2.45, 2.75) is 0 Å². The third-order valence-electron chi connectivity index (χ3n) is 4.40. The number of nitrogens with zero attached hydrogens (tertiary/aromatic N) is 3. The van der Waals surface area contributed by atoms with Gasteiger partial charge in [-0.05, 0) is 35.7 Å². The van der Waals surface area contributed by atoms with Crippen LogP contribution in [0.4, 0.5) is 11.6 Å². The average molecular weight is 355 g/mol. The zero-order chi connectivity index (χ0) is 17.4. The van der Waals surface area contributed by atoms with Gasteiger partial charge in [-0.25, -0.2) is 4.98 Å². The highest BCUT2D eigenvalue weighted by Crippen LogP contribution is 2.21. The van der Waals surface area contributed by atoms with E-state index in [-0.39, 0.29) is 5.56 Å². The van der Waals surface area contributed by atoms with Crippen molar-refractivity contribution < 1.29 is 4.79 Å². The fraction of sp³-hybridized carbons (Fsp3) is 0.235. The van der Waals surface area contributed by atoms with Gasteiger partial charge in [0.1, 0.15) is 4.70 Å². The van der Waals surface area contributed by atoms with E-state index in [9.17, 15) is 9.59 Å². The highest BCUT2D eigenvalue weighted by Gasteiger charge is 2.20. The third-order valence-corrected chi connectivity index (χ3v) is 5.30. The van der Waals surface area contributed by atoms with E-state index in [0.717, 1.165) is 37.4 Å². The second-order valence-electron chi connectivity index (χ2n) is 5.91. The zero-order valence-corrected chi connectivity index (χ0v) is 14.3. The smallest absolute Gasteiger partial charge is 0.270 e. The van der Waals surface area contributed by atoms with E-state index in [0.29, 0.717) is 16.2 Å². The predicted octanol–water partition coefficient (Wildman–Crippen LogP) is 1.41. The second-order valence-corrected chi connectivity index (χ2v) is 6.83. The predicted molar refractivity (Wildman–Crippen MR) is 99.6 cm³/mol. The topological polar surface area (TPSA) is 95.3 Å². The lowest BCUT2D eigenvalue weighted by Crippen LogP contribution is -2.47. The number of benzene rings is 1. The van der Waals surface area contributed by atoms with Crippen LogP contribution >= 0.6 is 11.3 Å². The van der Waals surface area contributed by atoms with Crippen LogP contribution in [0.3, 0.4) is 0 Å². The minimum atomic E-state index is -0.421. The summed E-state index contributed by atoms with van der Waals surface area (Å²) in [5.74, 6) is 0.204. The third kappa shape index (κ3) is 2.96. The number of hydrogen-bond acceptors (Lipinski definition) is 6.